The molecule has 1 aromatic rings. The molecule has 0 spiro atoms. The minimum Gasteiger partial charge on any atom is -0.507 e. The maximum atomic E-state index is 9.65. The van der Waals surface area contributed by atoms with E-state index >= 15 is 0 Å². The summed E-state index contributed by atoms with van der Waals surface area (Å²) in [4.78, 5) is 0. The van der Waals surface area contributed by atoms with E-state index in [9.17, 15) is 5.11 Å². The van der Waals surface area contributed by atoms with Gasteiger partial charge in [0.2, 0.25) is 0 Å². The number of rotatable bonds is 4. The van der Waals surface area contributed by atoms with Crippen molar-refractivity contribution in [2.45, 2.75) is 46.1 Å². The van der Waals surface area contributed by atoms with Crippen LogP contribution in [0.2, 0.25) is 0 Å². The van der Waals surface area contributed by atoms with Crippen LogP contribution in [-0.2, 0) is 0 Å². The van der Waals surface area contributed by atoms with Crippen molar-refractivity contribution in [3.63, 3.8) is 0 Å². The third kappa shape index (κ3) is 3.69. The van der Waals surface area contributed by atoms with Gasteiger partial charge in [-0.3, -0.25) is 0 Å². The monoisotopic (exact) mass is 243 g/mol. The summed E-state index contributed by atoms with van der Waals surface area (Å²) in [6.07, 6.45) is 3.34. The molecule has 0 bridgehead atoms. The van der Waals surface area contributed by atoms with E-state index in [4.69, 9.17) is 5.73 Å². The Morgan fingerprint density at radius 2 is 1.75 bits per heavy atom. The summed E-state index contributed by atoms with van der Waals surface area (Å²) in [6, 6.07) is 4.08. The Morgan fingerprint density at radius 3 is 2.19 bits per heavy atom. The van der Waals surface area contributed by atoms with Gasteiger partial charge in [0.25, 0.3) is 0 Å². The molecule has 92 valence electrons. The van der Waals surface area contributed by atoms with Crippen LogP contribution in [0.25, 0.3) is 0 Å². The fraction of sp³-hybridized carbons (Fsp3) is 0.538. The lowest BCUT2D eigenvalue weighted by Gasteiger charge is -2.14. The minimum absolute atomic E-state index is 0. The summed E-state index contributed by atoms with van der Waals surface area (Å²) in [5, 5.41) is 9.65. The lowest BCUT2D eigenvalue weighted by molar-refractivity contribution is 0.466. The molecule has 3 N–H and O–H groups in total. The van der Waals surface area contributed by atoms with Gasteiger partial charge < -0.3 is 10.8 Å². The van der Waals surface area contributed by atoms with Crippen molar-refractivity contribution < 1.29 is 5.11 Å². The first-order chi connectivity index (χ1) is 7.06. The molecule has 0 aliphatic rings. The first kappa shape index (κ1) is 15.3. The molecule has 0 aliphatic heterocycles. The second kappa shape index (κ2) is 6.77. The number of hydrogen-bond donors (Lipinski definition) is 2. The maximum absolute atomic E-state index is 9.65. The number of aromatic hydroxyl groups is 1. The number of phenolic OH excluding ortho intramolecular Hbond substituents is 1. The van der Waals surface area contributed by atoms with Gasteiger partial charge in [-0.25, -0.2) is 0 Å². The number of hydrogen-bond acceptors (Lipinski definition) is 2. The molecule has 0 heterocycles. The third-order valence-corrected chi connectivity index (χ3v) is 2.81. The lowest BCUT2D eigenvalue weighted by atomic mass is 9.97. The average molecular weight is 244 g/mol. The lowest BCUT2D eigenvalue weighted by Crippen LogP contribution is -2.10. The van der Waals surface area contributed by atoms with Crippen LogP contribution in [0.4, 0.5) is 0 Å². The molecule has 1 rings (SSSR count). The normalized spacial score (nSPS) is 12.0. The van der Waals surface area contributed by atoms with Crippen molar-refractivity contribution in [3.05, 3.63) is 28.8 Å². The molecule has 0 radical (unpaired) electrons. The van der Waals surface area contributed by atoms with Gasteiger partial charge in [0.15, 0.2) is 0 Å². The van der Waals surface area contributed by atoms with Gasteiger partial charge in [-0.15, -0.1) is 12.4 Å². The predicted octanol–water partition coefficient (Wildman–Crippen LogP) is 3.62. The van der Waals surface area contributed by atoms with Crippen molar-refractivity contribution in [3.8, 4) is 5.75 Å². The van der Waals surface area contributed by atoms with Crippen LogP contribution in [0.5, 0.6) is 5.75 Å². The molecule has 0 aliphatic carbocycles. The number of unbranched alkanes of at least 4 members (excludes halogenated alkanes) is 1. The molecule has 2 nitrogen and oxygen atoms in total. The molecule has 3 heteroatoms. The smallest absolute Gasteiger partial charge is 0.121 e. The first-order valence-electron chi connectivity index (χ1n) is 5.62. The fourth-order valence-corrected chi connectivity index (χ4v) is 1.79. The van der Waals surface area contributed by atoms with Gasteiger partial charge in [0.05, 0.1) is 0 Å². The van der Waals surface area contributed by atoms with Crippen LogP contribution in [0.15, 0.2) is 12.1 Å². The van der Waals surface area contributed by atoms with E-state index < -0.39 is 0 Å². The van der Waals surface area contributed by atoms with Crippen LogP contribution in [0, 0.1) is 13.8 Å². The van der Waals surface area contributed by atoms with Gasteiger partial charge >= 0.3 is 0 Å². The molecule has 1 atom stereocenters. The summed E-state index contributed by atoms with van der Waals surface area (Å²) >= 11 is 0. The number of halogens is 1. The standard InChI is InChI=1S/C13H21NO.ClH/c1-4-5-6-12(14)11-7-9(2)13(15)10(3)8-11;/h7-8,12,15H,4-6,14H2,1-3H3;1H/t12-;/m1./s1. The molecule has 0 saturated carbocycles. The van der Waals surface area contributed by atoms with E-state index in [1.807, 2.05) is 26.0 Å². The Balaban J connectivity index is 0.00000225. The summed E-state index contributed by atoms with van der Waals surface area (Å²) in [7, 11) is 0. The second-order valence-corrected chi connectivity index (χ2v) is 4.25. The van der Waals surface area contributed by atoms with Gasteiger partial charge in [0, 0.05) is 6.04 Å². The zero-order valence-electron chi connectivity index (χ0n) is 10.3. The molecule has 0 amide bonds. The van der Waals surface area contributed by atoms with Crippen LogP contribution in [0.1, 0.15) is 48.9 Å². The van der Waals surface area contributed by atoms with Crippen molar-refractivity contribution in [2.24, 2.45) is 5.73 Å². The van der Waals surface area contributed by atoms with Crippen molar-refractivity contribution in [1.29, 1.82) is 0 Å². The van der Waals surface area contributed by atoms with Gasteiger partial charge in [-0.05, 0) is 37.0 Å². The minimum atomic E-state index is 0. The Morgan fingerprint density at radius 1 is 1.25 bits per heavy atom. The van der Waals surface area contributed by atoms with Crippen LogP contribution in [-0.4, -0.2) is 5.11 Å². The van der Waals surface area contributed by atoms with Crippen molar-refractivity contribution in [2.75, 3.05) is 0 Å². The van der Waals surface area contributed by atoms with Crippen LogP contribution in [0.3, 0.4) is 0 Å². The van der Waals surface area contributed by atoms with Gasteiger partial charge in [0.1, 0.15) is 5.75 Å². The molecule has 0 saturated heterocycles. The summed E-state index contributed by atoms with van der Waals surface area (Å²) in [5.41, 5.74) is 9.05. The van der Waals surface area contributed by atoms with E-state index in [-0.39, 0.29) is 18.4 Å². The third-order valence-electron chi connectivity index (χ3n) is 2.81. The Kier molecular flexibility index (Phi) is 6.46. The predicted molar refractivity (Wildman–Crippen MR) is 71.3 cm³/mol. The zero-order chi connectivity index (χ0) is 11.4. The number of nitrogens with two attached hydrogens (primary N) is 1. The Hall–Kier alpha value is -0.730. The van der Waals surface area contributed by atoms with Crippen molar-refractivity contribution in [1.82, 2.24) is 0 Å². The number of benzene rings is 1. The van der Waals surface area contributed by atoms with Gasteiger partial charge in [-0.2, -0.15) is 0 Å². The highest BCUT2D eigenvalue weighted by atomic mass is 35.5. The Bertz CT molecular complexity index is 316. The number of aryl methyl sites for hydroxylation is 2. The Labute approximate surface area is 104 Å². The second-order valence-electron chi connectivity index (χ2n) is 4.25. The quantitative estimate of drug-likeness (QED) is 0.849. The van der Waals surface area contributed by atoms with E-state index in [2.05, 4.69) is 6.92 Å². The highest BCUT2D eigenvalue weighted by Crippen LogP contribution is 2.27. The average Bonchev–Trinajstić information content (AvgIpc) is 2.21. The molecular weight excluding hydrogens is 222 g/mol. The molecule has 1 aromatic carbocycles. The highest BCUT2D eigenvalue weighted by molar-refractivity contribution is 5.85. The van der Waals surface area contributed by atoms with E-state index in [1.54, 1.807) is 0 Å². The topological polar surface area (TPSA) is 46.2 Å². The largest absolute Gasteiger partial charge is 0.507 e. The van der Waals surface area contributed by atoms with Crippen LogP contribution < -0.4 is 5.73 Å². The van der Waals surface area contributed by atoms with Crippen molar-refractivity contribution >= 4 is 12.4 Å². The molecule has 16 heavy (non-hydrogen) atoms. The molecular formula is C13H22ClNO. The molecule has 0 unspecified atom stereocenters. The summed E-state index contributed by atoms with van der Waals surface area (Å²) in [5.74, 6) is 0.390. The summed E-state index contributed by atoms with van der Waals surface area (Å²) in [6.45, 7) is 6.00. The molecule has 0 aromatic heterocycles. The summed E-state index contributed by atoms with van der Waals surface area (Å²) < 4.78 is 0. The van der Waals surface area contributed by atoms with Gasteiger partial charge in [-0.1, -0.05) is 31.9 Å². The van der Waals surface area contributed by atoms with Crippen LogP contribution >= 0.6 is 12.4 Å². The number of phenols is 1. The maximum Gasteiger partial charge on any atom is 0.121 e. The first-order valence-corrected chi connectivity index (χ1v) is 5.62. The fourth-order valence-electron chi connectivity index (χ4n) is 1.79. The SMILES string of the molecule is CCCC[C@@H](N)c1cc(C)c(O)c(C)c1.Cl. The van der Waals surface area contributed by atoms with E-state index in [0.717, 1.165) is 29.5 Å². The molecule has 0 fully saturated rings. The van der Waals surface area contributed by atoms with E-state index in [0.29, 0.717) is 5.75 Å². The van der Waals surface area contributed by atoms with E-state index in [1.165, 1.54) is 6.42 Å². The zero-order valence-corrected chi connectivity index (χ0v) is 11.1. The highest BCUT2D eigenvalue weighted by Gasteiger charge is 2.09.